The summed E-state index contributed by atoms with van der Waals surface area (Å²) in [4.78, 5) is 16.1. The van der Waals surface area contributed by atoms with E-state index in [9.17, 15) is 4.79 Å². The Labute approximate surface area is 131 Å². The topological polar surface area (TPSA) is 29.5 Å². The molecular formula is C17H21NO2S. The number of benzene rings is 1. The number of thioether (sulfide) groups is 1. The van der Waals surface area contributed by atoms with E-state index < -0.39 is 5.54 Å². The fourth-order valence-corrected chi connectivity index (χ4v) is 3.03. The summed E-state index contributed by atoms with van der Waals surface area (Å²) in [6, 6.07) is 7.71. The highest BCUT2D eigenvalue weighted by atomic mass is 32.2. The number of ether oxygens (including phenoxy) is 1. The zero-order valence-electron chi connectivity index (χ0n) is 12.6. The lowest BCUT2D eigenvalue weighted by molar-refractivity contribution is -0.00430. The first-order valence-electron chi connectivity index (χ1n) is 7.09. The van der Waals surface area contributed by atoms with Gasteiger partial charge in [0.2, 0.25) is 0 Å². The van der Waals surface area contributed by atoms with Crippen LogP contribution in [0.1, 0.15) is 24.2 Å². The number of Topliss-reactive ketones (excluding diaryl/α,β-unsaturated/α-hetero) is 1. The summed E-state index contributed by atoms with van der Waals surface area (Å²) in [6.07, 6.45) is 5.25. The molecule has 1 heterocycles. The first-order valence-corrected chi connectivity index (χ1v) is 8.08. The third-order valence-corrected chi connectivity index (χ3v) is 4.71. The van der Waals surface area contributed by atoms with Crippen LogP contribution in [0.5, 0.6) is 0 Å². The zero-order chi connectivity index (χ0) is 15.3. The van der Waals surface area contributed by atoms with Gasteiger partial charge in [0.15, 0.2) is 5.78 Å². The van der Waals surface area contributed by atoms with Crippen molar-refractivity contribution in [3.63, 3.8) is 0 Å². The van der Waals surface area contributed by atoms with Crippen LogP contribution in [-0.4, -0.2) is 48.3 Å². The molecule has 0 aliphatic carbocycles. The van der Waals surface area contributed by atoms with Gasteiger partial charge in [0, 0.05) is 23.5 Å². The summed E-state index contributed by atoms with van der Waals surface area (Å²) < 4.78 is 5.36. The highest BCUT2D eigenvalue weighted by Gasteiger charge is 2.35. The molecule has 2 rings (SSSR count). The van der Waals surface area contributed by atoms with Gasteiger partial charge in [-0.1, -0.05) is 18.1 Å². The second-order valence-corrected chi connectivity index (χ2v) is 6.55. The van der Waals surface area contributed by atoms with Gasteiger partial charge in [-0.15, -0.1) is 18.2 Å². The van der Waals surface area contributed by atoms with E-state index in [-0.39, 0.29) is 5.78 Å². The van der Waals surface area contributed by atoms with Crippen LogP contribution in [0.4, 0.5) is 0 Å². The van der Waals surface area contributed by atoms with Crippen molar-refractivity contribution in [1.82, 2.24) is 4.90 Å². The maximum absolute atomic E-state index is 12.8. The van der Waals surface area contributed by atoms with E-state index in [0.29, 0.717) is 19.0 Å². The second-order valence-electron chi connectivity index (χ2n) is 5.50. The van der Waals surface area contributed by atoms with Crippen molar-refractivity contribution < 1.29 is 9.53 Å². The normalized spacial score (nSPS) is 16.4. The molecule has 1 aliphatic heterocycles. The third kappa shape index (κ3) is 3.88. The third-order valence-electron chi connectivity index (χ3n) is 3.80. The Morgan fingerprint density at radius 1 is 1.33 bits per heavy atom. The molecule has 4 heteroatoms. The zero-order valence-corrected chi connectivity index (χ0v) is 13.4. The van der Waals surface area contributed by atoms with Gasteiger partial charge in [0.25, 0.3) is 0 Å². The molecule has 1 fully saturated rings. The van der Waals surface area contributed by atoms with Gasteiger partial charge < -0.3 is 4.74 Å². The lowest BCUT2D eigenvalue weighted by atomic mass is 9.91. The first kappa shape index (κ1) is 16.1. The van der Waals surface area contributed by atoms with Crippen molar-refractivity contribution in [2.24, 2.45) is 0 Å². The molecule has 0 unspecified atom stereocenters. The van der Waals surface area contributed by atoms with Crippen LogP contribution in [0.15, 0.2) is 29.2 Å². The number of terminal acetylenes is 1. The number of carbonyl (C=O) groups excluding carboxylic acids is 1. The van der Waals surface area contributed by atoms with Crippen molar-refractivity contribution in [3.8, 4) is 12.3 Å². The summed E-state index contributed by atoms with van der Waals surface area (Å²) in [5, 5.41) is 0. The maximum atomic E-state index is 12.8. The van der Waals surface area contributed by atoms with Crippen LogP contribution in [0, 0.1) is 12.3 Å². The van der Waals surface area contributed by atoms with Crippen molar-refractivity contribution in [2.45, 2.75) is 24.3 Å². The van der Waals surface area contributed by atoms with E-state index in [1.54, 1.807) is 11.8 Å². The van der Waals surface area contributed by atoms with Gasteiger partial charge in [-0.3, -0.25) is 9.69 Å². The minimum absolute atomic E-state index is 0.151. The summed E-state index contributed by atoms with van der Waals surface area (Å²) in [7, 11) is 0. The molecule has 0 N–H and O–H groups in total. The van der Waals surface area contributed by atoms with Crippen molar-refractivity contribution in [3.05, 3.63) is 29.8 Å². The lowest BCUT2D eigenvalue weighted by Crippen LogP contribution is -2.54. The summed E-state index contributed by atoms with van der Waals surface area (Å²) in [6.45, 7) is 6.96. The van der Waals surface area contributed by atoms with Crippen molar-refractivity contribution >= 4 is 17.5 Å². The first-order chi connectivity index (χ1) is 10.1. The fraction of sp³-hybridized carbons (Fsp3) is 0.471. The van der Waals surface area contributed by atoms with Gasteiger partial charge >= 0.3 is 0 Å². The average Bonchev–Trinajstić information content (AvgIpc) is 2.53. The molecule has 0 amide bonds. The maximum Gasteiger partial charge on any atom is 0.182 e. The van der Waals surface area contributed by atoms with Gasteiger partial charge in [-0.25, -0.2) is 0 Å². The highest BCUT2D eigenvalue weighted by Crippen LogP contribution is 2.24. The molecule has 0 bridgehead atoms. The SMILES string of the molecule is C#CCSc1ccc(C(=O)C(C)(C)N2CCOCC2)cc1. The smallest absolute Gasteiger partial charge is 0.182 e. The van der Waals surface area contributed by atoms with E-state index in [2.05, 4.69) is 10.8 Å². The number of hydrogen-bond acceptors (Lipinski definition) is 4. The van der Waals surface area contributed by atoms with Crippen LogP contribution < -0.4 is 0 Å². The molecule has 1 aliphatic rings. The molecule has 1 aromatic carbocycles. The number of nitrogens with zero attached hydrogens (tertiary/aromatic N) is 1. The predicted octanol–water partition coefficient (Wildman–Crippen LogP) is 2.71. The number of rotatable bonds is 5. The molecule has 0 atom stereocenters. The summed E-state index contributed by atoms with van der Waals surface area (Å²) in [5.74, 6) is 3.39. The molecule has 0 aromatic heterocycles. The Bertz CT molecular complexity index is 525. The van der Waals surface area contributed by atoms with Gasteiger partial charge in [-0.2, -0.15) is 0 Å². The van der Waals surface area contributed by atoms with Crippen LogP contribution in [0.25, 0.3) is 0 Å². The summed E-state index contributed by atoms with van der Waals surface area (Å²) in [5.41, 5.74) is 0.244. The Hall–Kier alpha value is -1.28. The molecule has 0 saturated carbocycles. The predicted molar refractivity (Wildman–Crippen MR) is 86.8 cm³/mol. The van der Waals surface area contributed by atoms with Gasteiger partial charge in [-0.05, 0) is 26.0 Å². The standard InChI is InChI=1S/C17H21NO2S/c1-4-13-21-15-7-5-14(6-8-15)16(19)17(2,3)18-9-11-20-12-10-18/h1,5-8H,9-13H2,2-3H3. The van der Waals surface area contributed by atoms with Crippen molar-refractivity contribution in [1.29, 1.82) is 0 Å². The Morgan fingerprint density at radius 2 is 1.95 bits per heavy atom. The summed E-state index contributed by atoms with van der Waals surface area (Å²) >= 11 is 1.60. The van der Waals surface area contributed by atoms with E-state index in [0.717, 1.165) is 23.5 Å². The minimum atomic E-state index is -0.503. The quantitative estimate of drug-likeness (QED) is 0.475. The van der Waals surface area contributed by atoms with E-state index in [4.69, 9.17) is 11.2 Å². The molecule has 21 heavy (non-hydrogen) atoms. The van der Waals surface area contributed by atoms with Crippen LogP contribution >= 0.6 is 11.8 Å². The number of morpholine rings is 1. The molecule has 112 valence electrons. The minimum Gasteiger partial charge on any atom is -0.379 e. The Morgan fingerprint density at radius 3 is 2.52 bits per heavy atom. The number of hydrogen-bond donors (Lipinski definition) is 0. The Balaban J connectivity index is 2.09. The van der Waals surface area contributed by atoms with E-state index in [1.165, 1.54) is 0 Å². The second kappa shape index (κ2) is 7.13. The number of carbonyl (C=O) groups is 1. The van der Waals surface area contributed by atoms with Gasteiger partial charge in [0.1, 0.15) is 0 Å². The molecule has 3 nitrogen and oxygen atoms in total. The largest absolute Gasteiger partial charge is 0.379 e. The van der Waals surface area contributed by atoms with E-state index in [1.807, 2.05) is 38.1 Å². The highest BCUT2D eigenvalue weighted by molar-refractivity contribution is 7.99. The van der Waals surface area contributed by atoms with Crippen LogP contribution in [0.3, 0.4) is 0 Å². The Kier molecular flexibility index (Phi) is 5.46. The average molecular weight is 303 g/mol. The number of ketones is 1. The van der Waals surface area contributed by atoms with Crippen molar-refractivity contribution in [2.75, 3.05) is 32.1 Å². The van der Waals surface area contributed by atoms with E-state index >= 15 is 0 Å². The van der Waals surface area contributed by atoms with Crippen LogP contribution in [0.2, 0.25) is 0 Å². The molecule has 0 spiro atoms. The monoisotopic (exact) mass is 303 g/mol. The molecule has 1 saturated heterocycles. The molecular weight excluding hydrogens is 282 g/mol. The van der Waals surface area contributed by atoms with Crippen LogP contribution in [-0.2, 0) is 4.74 Å². The lowest BCUT2D eigenvalue weighted by Gasteiger charge is -2.39. The molecule has 1 aromatic rings. The fourth-order valence-electron chi connectivity index (χ4n) is 2.45. The van der Waals surface area contributed by atoms with Gasteiger partial charge in [0.05, 0.1) is 24.5 Å². The molecule has 0 radical (unpaired) electrons.